The van der Waals surface area contributed by atoms with Gasteiger partial charge < -0.3 is 10.2 Å². The van der Waals surface area contributed by atoms with Crippen molar-refractivity contribution < 1.29 is 18.0 Å². The first-order valence-electron chi connectivity index (χ1n) is 12.6. The summed E-state index contributed by atoms with van der Waals surface area (Å²) >= 11 is 12.9. The molecular weight excluding hydrogens is 547 g/mol. The molecule has 0 aliphatic heterocycles. The van der Waals surface area contributed by atoms with Gasteiger partial charge in [-0.1, -0.05) is 61.7 Å². The summed E-state index contributed by atoms with van der Waals surface area (Å²) in [6.07, 6.45) is 2.02. The van der Waals surface area contributed by atoms with Gasteiger partial charge in [-0.3, -0.25) is 9.59 Å². The average Bonchev–Trinajstić information content (AvgIpc) is 2.85. The van der Waals surface area contributed by atoms with E-state index in [0.717, 1.165) is 27.0 Å². The fourth-order valence-electron chi connectivity index (χ4n) is 3.97. The minimum absolute atomic E-state index is 0.0559. The van der Waals surface area contributed by atoms with E-state index in [1.54, 1.807) is 38.1 Å². The van der Waals surface area contributed by atoms with Gasteiger partial charge in [0, 0.05) is 42.8 Å². The molecular formula is C27H38Cl2N4O4S. The topological polar surface area (TPSA) is 90.0 Å². The standard InChI is InChI=1S/C27H38Cl2N4O4S/c1-7-9-15-30-27(35)24(8-2)32(17-21-22(28)11-10-12-23(21)29)26(34)18-33(38(36,37)31(5)6)25-16-19(3)13-14-20(25)4/h10-14,16,24H,7-9,15,17-18H2,1-6H3,(H,30,35). The van der Waals surface area contributed by atoms with E-state index in [2.05, 4.69) is 5.32 Å². The van der Waals surface area contributed by atoms with Crippen LogP contribution in [0.3, 0.4) is 0 Å². The van der Waals surface area contributed by atoms with Crippen LogP contribution in [0.15, 0.2) is 36.4 Å². The molecule has 1 atom stereocenters. The Morgan fingerprint density at radius 3 is 2.21 bits per heavy atom. The third kappa shape index (κ3) is 7.85. The van der Waals surface area contributed by atoms with Gasteiger partial charge in [0.25, 0.3) is 0 Å². The number of amides is 2. The Balaban J connectivity index is 2.58. The molecule has 1 unspecified atom stereocenters. The normalized spacial score (nSPS) is 12.3. The van der Waals surface area contributed by atoms with Gasteiger partial charge in [-0.25, -0.2) is 4.31 Å². The molecule has 0 radical (unpaired) electrons. The van der Waals surface area contributed by atoms with Crippen LogP contribution < -0.4 is 9.62 Å². The summed E-state index contributed by atoms with van der Waals surface area (Å²) in [4.78, 5) is 28.6. The molecule has 0 heterocycles. The average molecular weight is 586 g/mol. The number of halogens is 2. The molecule has 0 aromatic heterocycles. The second-order valence-electron chi connectivity index (χ2n) is 9.38. The van der Waals surface area contributed by atoms with E-state index in [1.807, 2.05) is 26.0 Å². The van der Waals surface area contributed by atoms with Gasteiger partial charge in [0.2, 0.25) is 11.8 Å². The summed E-state index contributed by atoms with van der Waals surface area (Å²) in [5.74, 6) is -0.865. The van der Waals surface area contributed by atoms with Crippen molar-refractivity contribution in [2.24, 2.45) is 0 Å². The maximum atomic E-state index is 14.0. The van der Waals surface area contributed by atoms with Crippen molar-refractivity contribution >= 4 is 50.9 Å². The number of hydrogen-bond donors (Lipinski definition) is 1. The molecule has 0 fully saturated rings. The minimum atomic E-state index is -4.05. The summed E-state index contributed by atoms with van der Waals surface area (Å²) in [7, 11) is -1.23. The van der Waals surface area contributed by atoms with Gasteiger partial charge in [0.05, 0.1) is 5.69 Å². The molecule has 0 bridgehead atoms. The van der Waals surface area contributed by atoms with E-state index in [0.29, 0.717) is 39.8 Å². The fourth-order valence-corrected chi connectivity index (χ4v) is 5.60. The number of hydrogen-bond acceptors (Lipinski definition) is 4. The molecule has 38 heavy (non-hydrogen) atoms. The highest BCUT2D eigenvalue weighted by molar-refractivity contribution is 7.90. The fraction of sp³-hybridized carbons (Fsp3) is 0.481. The second kappa shape index (κ2) is 14.2. The van der Waals surface area contributed by atoms with Crippen molar-refractivity contribution in [1.29, 1.82) is 0 Å². The predicted molar refractivity (Wildman–Crippen MR) is 155 cm³/mol. The Morgan fingerprint density at radius 1 is 1.03 bits per heavy atom. The van der Waals surface area contributed by atoms with E-state index in [1.165, 1.54) is 19.0 Å². The second-order valence-corrected chi connectivity index (χ2v) is 12.3. The lowest BCUT2D eigenvalue weighted by Crippen LogP contribution is -2.53. The first kappa shape index (κ1) is 31.9. The number of carbonyl (C=O) groups excluding carboxylic acids is 2. The lowest BCUT2D eigenvalue weighted by atomic mass is 10.1. The smallest absolute Gasteiger partial charge is 0.304 e. The van der Waals surface area contributed by atoms with Crippen LogP contribution in [0.4, 0.5) is 5.69 Å². The van der Waals surface area contributed by atoms with Crippen LogP contribution in [0.2, 0.25) is 10.0 Å². The van der Waals surface area contributed by atoms with Crippen LogP contribution in [0, 0.1) is 13.8 Å². The van der Waals surface area contributed by atoms with Gasteiger partial charge in [-0.15, -0.1) is 0 Å². The van der Waals surface area contributed by atoms with Gasteiger partial charge in [-0.2, -0.15) is 12.7 Å². The maximum absolute atomic E-state index is 14.0. The third-order valence-electron chi connectivity index (χ3n) is 6.26. The molecule has 11 heteroatoms. The van der Waals surface area contributed by atoms with E-state index in [-0.39, 0.29) is 12.5 Å². The van der Waals surface area contributed by atoms with E-state index < -0.39 is 28.7 Å². The highest BCUT2D eigenvalue weighted by Gasteiger charge is 2.34. The van der Waals surface area contributed by atoms with Crippen molar-refractivity contribution in [2.45, 2.75) is 59.5 Å². The van der Waals surface area contributed by atoms with Crippen LogP contribution in [0.25, 0.3) is 0 Å². The van der Waals surface area contributed by atoms with Crippen molar-refractivity contribution in [3.8, 4) is 0 Å². The van der Waals surface area contributed by atoms with Crippen molar-refractivity contribution in [3.05, 3.63) is 63.1 Å². The quantitative estimate of drug-likeness (QED) is 0.337. The molecule has 0 saturated carbocycles. The first-order valence-corrected chi connectivity index (χ1v) is 14.8. The molecule has 2 amide bonds. The molecule has 2 rings (SSSR count). The van der Waals surface area contributed by atoms with Crippen LogP contribution in [-0.4, -0.2) is 62.7 Å². The Morgan fingerprint density at radius 2 is 1.66 bits per heavy atom. The monoisotopic (exact) mass is 584 g/mol. The van der Waals surface area contributed by atoms with Crippen LogP contribution in [-0.2, 0) is 26.3 Å². The number of benzene rings is 2. The molecule has 2 aromatic rings. The van der Waals surface area contributed by atoms with Gasteiger partial charge in [0.15, 0.2) is 0 Å². The maximum Gasteiger partial charge on any atom is 0.304 e. The highest BCUT2D eigenvalue weighted by Crippen LogP contribution is 2.29. The van der Waals surface area contributed by atoms with E-state index in [9.17, 15) is 18.0 Å². The lowest BCUT2D eigenvalue weighted by Gasteiger charge is -2.34. The zero-order chi connectivity index (χ0) is 28.6. The zero-order valence-corrected chi connectivity index (χ0v) is 25.3. The van der Waals surface area contributed by atoms with Crippen molar-refractivity contribution in [3.63, 3.8) is 0 Å². The number of nitrogens with one attached hydrogen (secondary N) is 1. The SMILES string of the molecule is CCCCNC(=O)C(CC)N(Cc1c(Cl)cccc1Cl)C(=O)CN(c1cc(C)ccc1C)S(=O)(=O)N(C)C. The van der Waals surface area contributed by atoms with Crippen molar-refractivity contribution in [1.82, 2.24) is 14.5 Å². The highest BCUT2D eigenvalue weighted by atomic mass is 35.5. The predicted octanol–water partition coefficient (Wildman–Crippen LogP) is 4.95. The first-order chi connectivity index (χ1) is 17.8. The zero-order valence-electron chi connectivity index (χ0n) is 22.9. The number of anilines is 1. The molecule has 2 aromatic carbocycles. The van der Waals surface area contributed by atoms with E-state index >= 15 is 0 Å². The number of unbranched alkanes of at least 4 members (excludes halogenated alkanes) is 1. The Bertz CT molecular complexity index is 1220. The summed E-state index contributed by atoms with van der Waals surface area (Å²) in [6.45, 7) is 7.37. The largest absolute Gasteiger partial charge is 0.354 e. The number of aryl methyl sites for hydroxylation is 2. The molecule has 0 saturated heterocycles. The van der Waals surface area contributed by atoms with Crippen LogP contribution in [0.1, 0.15) is 49.8 Å². The van der Waals surface area contributed by atoms with Gasteiger partial charge in [0.1, 0.15) is 12.6 Å². The van der Waals surface area contributed by atoms with Gasteiger partial charge >= 0.3 is 10.2 Å². The Kier molecular flexibility index (Phi) is 11.9. The summed E-state index contributed by atoms with van der Waals surface area (Å²) in [5.41, 5.74) is 2.42. The Hall–Kier alpha value is -2.33. The lowest BCUT2D eigenvalue weighted by molar-refractivity contribution is -0.140. The molecule has 0 spiro atoms. The summed E-state index contributed by atoms with van der Waals surface area (Å²) < 4.78 is 29.0. The molecule has 1 N–H and O–H groups in total. The molecule has 0 aliphatic carbocycles. The van der Waals surface area contributed by atoms with Crippen molar-refractivity contribution in [2.75, 3.05) is 31.5 Å². The Labute approximate surface area is 237 Å². The third-order valence-corrected chi connectivity index (χ3v) is 8.77. The van der Waals surface area contributed by atoms with Gasteiger partial charge in [-0.05, 0) is 56.0 Å². The number of carbonyl (C=O) groups is 2. The summed E-state index contributed by atoms with van der Waals surface area (Å²) in [5, 5.41) is 3.60. The van der Waals surface area contributed by atoms with Crippen LogP contribution >= 0.6 is 23.2 Å². The molecule has 210 valence electrons. The molecule has 8 nitrogen and oxygen atoms in total. The van der Waals surface area contributed by atoms with Crippen LogP contribution in [0.5, 0.6) is 0 Å². The number of nitrogens with zero attached hydrogens (tertiary/aromatic N) is 3. The number of rotatable bonds is 13. The minimum Gasteiger partial charge on any atom is -0.354 e. The van der Waals surface area contributed by atoms with E-state index in [4.69, 9.17) is 23.2 Å². The molecule has 0 aliphatic rings. The summed E-state index contributed by atoms with van der Waals surface area (Å²) in [6, 6.07) is 9.58.